The van der Waals surface area contributed by atoms with Crippen LogP contribution in [0.15, 0.2) is 42.5 Å². The molecule has 9 heteroatoms. The number of hydrogen-bond donors (Lipinski definition) is 2. The number of nitrogens with zero attached hydrogens (tertiary/aromatic N) is 2. The molecule has 0 aromatic heterocycles. The average molecular weight is 446 g/mol. The molecule has 2 heterocycles. The first kappa shape index (κ1) is 22.3. The summed E-state index contributed by atoms with van der Waals surface area (Å²) >= 11 is 0. The van der Waals surface area contributed by atoms with Gasteiger partial charge in [-0.25, -0.2) is 0 Å². The molecule has 0 spiro atoms. The highest BCUT2D eigenvalue weighted by Crippen LogP contribution is 2.38. The summed E-state index contributed by atoms with van der Waals surface area (Å²) in [5, 5.41) is 2.30. The van der Waals surface area contributed by atoms with Crippen molar-refractivity contribution in [3.8, 4) is 0 Å². The van der Waals surface area contributed by atoms with E-state index in [9.17, 15) is 22.8 Å². The van der Waals surface area contributed by atoms with Crippen LogP contribution in [-0.2, 0) is 28.6 Å². The topological polar surface area (TPSA) is 78.7 Å². The number of benzene rings is 2. The molecule has 1 saturated heterocycles. The summed E-state index contributed by atoms with van der Waals surface area (Å²) in [6, 6.07) is 11.1. The average Bonchev–Trinajstić information content (AvgIpc) is 2.75. The van der Waals surface area contributed by atoms with E-state index in [0.29, 0.717) is 31.7 Å². The van der Waals surface area contributed by atoms with Crippen LogP contribution >= 0.6 is 0 Å². The van der Waals surface area contributed by atoms with Crippen LogP contribution in [-0.4, -0.2) is 49.4 Å². The lowest BCUT2D eigenvalue weighted by atomic mass is 9.87. The lowest BCUT2D eigenvalue weighted by molar-refractivity contribution is -0.138. The summed E-state index contributed by atoms with van der Waals surface area (Å²) in [6.07, 6.45) is -2.95. The van der Waals surface area contributed by atoms with Crippen molar-refractivity contribution in [2.45, 2.75) is 19.0 Å². The maximum absolute atomic E-state index is 13.0. The summed E-state index contributed by atoms with van der Waals surface area (Å²) in [7, 11) is 0. The molecule has 2 aliphatic heterocycles. The van der Waals surface area contributed by atoms with E-state index in [1.807, 2.05) is 28.0 Å². The predicted octanol–water partition coefficient (Wildman–Crippen LogP) is 2.48. The van der Waals surface area contributed by atoms with Crippen molar-refractivity contribution in [1.29, 1.82) is 0 Å². The number of fused-ring (bicyclic) bond motifs is 1. The molecule has 170 valence electrons. The van der Waals surface area contributed by atoms with Crippen LogP contribution in [0.4, 0.5) is 24.5 Å². The highest BCUT2D eigenvalue weighted by molar-refractivity contribution is 5.99. The minimum absolute atomic E-state index is 0.160. The standard InChI is InChI=1S/C23H25F3N4O2/c24-23(25,26)17-4-6-18(7-5-17)30-12-15(11-27)10-19-16(2-1-3-20(19)30)8-9-29-13-21(31)28-22(32)14-29/h1-7,15H,8-14,27H2,(H,28,31,32). The van der Waals surface area contributed by atoms with Gasteiger partial charge in [0.25, 0.3) is 0 Å². The van der Waals surface area contributed by atoms with Gasteiger partial charge >= 0.3 is 6.18 Å². The lowest BCUT2D eigenvalue weighted by Gasteiger charge is -2.37. The Labute approximate surface area is 184 Å². The Kier molecular flexibility index (Phi) is 6.21. The van der Waals surface area contributed by atoms with Crippen molar-refractivity contribution < 1.29 is 22.8 Å². The number of rotatable bonds is 5. The Morgan fingerprint density at radius 3 is 2.34 bits per heavy atom. The second-order valence-corrected chi connectivity index (χ2v) is 8.31. The van der Waals surface area contributed by atoms with Gasteiger partial charge in [0.15, 0.2) is 0 Å². The molecule has 1 fully saturated rings. The van der Waals surface area contributed by atoms with Crippen molar-refractivity contribution in [2.24, 2.45) is 11.7 Å². The van der Waals surface area contributed by atoms with E-state index >= 15 is 0 Å². The lowest BCUT2D eigenvalue weighted by Crippen LogP contribution is -2.51. The zero-order valence-electron chi connectivity index (χ0n) is 17.5. The minimum Gasteiger partial charge on any atom is -0.341 e. The first-order valence-electron chi connectivity index (χ1n) is 10.5. The van der Waals surface area contributed by atoms with Crippen LogP contribution in [0.1, 0.15) is 16.7 Å². The van der Waals surface area contributed by atoms with Crippen LogP contribution in [0, 0.1) is 5.92 Å². The fourth-order valence-corrected chi connectivity index (χ4v) is 4.42. The maximum Gasteiger partial charge on any atom is 0.416 e. The second-order valence-electron chi connectivity index (χ2n) is 8.31. The second kappa shape index (κ2) is 8.91. The number of alkyl halides is 3. The van der Waals surface area contributed by atoms with Crippen molar-refractivity contribution in [1.82, 2.24) is 10.2 Å². The normalized spacial score (nSPS) is 19.6. The Bertz CT molecular complexity index is 991. The van der Waals surface area contributed by atoms with Crippen LogP contribution in [0.3, 0.4) is 0 Å². The van der Waals surface area contributed by atoms with Gasteiger partial charge in [-0.2, -0.15) is 13.2 Å². The summed E-state index contributed by atoms with van der Waals surface area (Å²) < 4.78 is 38.9. The van der Waals surface area contributed by atoms with Crippen molar-refractivity contribution in [3.63, 3.8) is 0 Å². The number of carbonyl (C=O) groups excluding carboxylic acids is 2. The molecule has 0 saturated carbocycles. The Hall–Kier alpha value is -2.91. The molecule has 1 atom stereocenters. The SMILES string of the molecule is NCC1Cc2c(CCN3CC(=O)NC(=O)C3)cccc2N(c2ccc(C(F)(F)F)cc2)C1. The number of nitrogens with two attached hydrogens (primary N) is 1. The fourth-order valence-electron chi connectivity index (χ4n) is 4.42. The van der Waals surface area contributed by atoms with Crippen molar-refractivity contribution in [2.75, 3.05) is 37.6 Å². The number of carbonyl (C=O) groups is 2. The summed E-state index contributed by atoms with van der Waals surface area (Å²) in [4.78, 5) is 27.1. The zero-order chi connectivity index (χ0) is 22.9. The molecule has 0 radical (unpaired) electrons. The van der Waals surface area contributed by atoms with Gasteiger partial charge in [0.1, 0.15) is 0 Å². The molecule has 2 aliphatic rings. The van der Waals surface area contributed by atoms with Gasteiger partial charge in [-0.3, -0.25) is 19.8 Å². The number of piperazine rings is 1. The maximum atomic E-state index is 13.0. The largest absolute Gasteiger partial charge is 0.416 e. The monoisotopic (exact) mass is 446 g/mol. The smallest absolute Gasteiger partial charge is 0.341 e. The summed E-state index contributed by atoms with van der Waals surface area (Å²) in [5.74, 6) is -0.436. The molecule has 2 aromatic carbocycles. The molecular weight excluding hydrogens is 421 g/mol. The quantitative estimate of drug-likeness (QED) is 0.690. The van der Waals surface area contributed by atoms with Gasteiger partial charge in [0.05, 0.1) is 18.7 Å². The van der Waals surface area contributed by atoms with Crippen LogP contribution < -0.4 is 16.0 Å². The third-order valence-electron chi connectivity index (χ3n) is 6.02. The number of imide groups is 1. The first-order chi connectivity index (χ1) is 15.2. The van der Waals surface area contributed by atoms with Crippen molar-refractivity contribution >= 4 is 23.2 Å². The van der Waals surface area contributed by atoms with E-state index in [-0.39, 0.29) is 30.8 Å². The van der Waals surface area contributed by atoms with Crippen LogP contribution in [0.2, 0.25) is 0 Å². The molecule has 0 bridgehead atoms. The molecule has 0 aliphatic carbocycles. The van der Waals surface area contributed by atoms with Gasteiger partial charge in [-0.05, 0) is 66.8 Å². The van der Waals surface area contributed by atoms with E-state index in [1.165, 1.54) is 12.1 Å². The van der Waals surface area contributed by atoms with Gasteiger partial charge in [-0.15, -0.1) is 0 Å². The zero-order valence-corrected chi connectivity index (χ0v) is 17.5. The van der Waals surface area contributed by atoms with Crippen molar-refractivity contribution in [3.05, 3.63) is 59.2 Å². The first-order valence-corrected chi connectivity index (χ1v) is 10.5. The molecule has 6 nitrogen and oxygen atoms in total. The molecule has 1 unspecified atom stereocenters. The Balaban J connectivity index is 1.59. The highest BCUT2D eigenvalue weighted by atomic mass is 19.4. The van der Waals surface area contributed by atoms with Gasteiger partial charge in [-0.1, -0.05) is 12.1 Å². The molecule has 2 amide bonds. The van der Waals surface area contributed by atoms with E-state index < -0.39 is 11.7 Å². The molecular formula is C23H25F3N4O2. The van der Waals surface area contributed by atoms with E-state index in [0.717, 1.165) is 35.4 Å². The Morgan fingerprint density at radius 1 is 1.03 bits per heavy atom. The fraction of sp³-hybridized carbons (Fsp3) is 0.391. The minimum atomic E-state index is -4.38. The number of nitrogens with one attached hydrogen (secondary N) is 1. The predicted molar refractivity (Wildman–Crippen MR) is 114 cm³/mol. The third kappa shape index (κ3) is 4.78. The third-order valence-corrected chi connectivity index (χ3v) is 6.02. The summed E-state index contributed by atoms with van der Waals surface area (Å²) in [6.45, 7) is 2.02. The van der Waals surface area contributed by atoms with E-state index in [2.05, 4.69) is 5.32 Å². The molecule has 32 heavy (non-hydrogen) atoms. The Morgan fingerprint density at radius 2 is 1.72 bits per heavy atom. The number of hydrogen-bond acceptors (Lipinski definition) is 5. The van der Waals surface area contributed by atoms with Crippen LogP contribution in [0.5, 0.6) is 0 Å². The van der Waals surface area contributed by atoms with Gasteiger partial charge < -0.3 is 10.6 Å². The molecule has 4 rings (SSSR count). The van der Waals surface area contributed by atoms with Crippen LogP contribution in [0.25, 0.3) is 0 Å². The molecule has 2 aromatic rings. The summed E-state index contributed by atoms with van der Waals surface area (Å²) in [5.41, 5.74) is 9.16. The van der Waals surface area contributed by atoms with E-state index in [1.54, 1.807) is 0 Å². The van der Waals surface area contributed by atoms with E-state index in [4.69, 9.17) is 5.73 Å². The highest BCUT2D eigenvalue weighted by Gasteiger charge is 2.31. The van der Waals surface area contributed by atoms with Gasteiger partial charge in [0.2, 0.25) is 11.8 Å². The number of anilines is 2. The molecule has 3 N–H and O–H groups in total. The number of halogens is 3. The van der Waals surface area contributed by atoms with Gasteiger partial charge in [0, 0.05) is 24.5 Å². The number of amides is 2.